The molecule has 0 aliphatic carbocycles. The summed E-state index contributed by atoms with van der Waals surface area (Å²) < 4.78 is 24.5. The first-order valence-electron chi connectivity index (χ1n) is 6.74. The molecule has 7 heteroatoms. The van der Waals surface area contributed by atoms with E-state index in [0.717, 1.165) is 25.9 Å². The quantitative estimate of drug-likeness (QED) is 0.921. The lowest BCUT2D eigenvalue weighted by molar-refractivity contribution is 0.569. The van der Waals surface area contributed by atoms with Crippen molar-refractivity contribution in [3.63, 3.8) is 0 Å². The molecule has 1 unspecified atom stereocenters. The number of sulfone groups is 1. The van der Waals surface area contributed by atoms with Crippen molar-refractivity contribution in [1.82, 2.24) is 0 Å². The van der Waals surface area contributed by atoms with Crippen LogP contribution in [0.2, 0.25) is 0 Å². The lowest BCUT2D eigenvalue weighted by atomic mass is 10.1. The average Bonchev–Trinajstić information content (AvgIpc) is 3.02. The highest BCUT2D eigenvalue weighted by molar-refractivity contribution is 7.91. The first-order chi connectivity index (χ1) is 9.44. The van der Waals surface area contributed by atoms with E-state index in [1.54, 1.807) is 6.92 Å². The predicted octanol–water partition coefficient (Wildman–Crippen LogP) is 2.23. The number of anilines is 2. The van der Waals surface area contributed by atoms with Gasteiger partial charge in [-0.25, -0.2) is 8.42 Å². The second kappa shape index (κ2) is 5.62. The van der Waals surface area contributed by atoms with Crippen molar-refractivity contribution < 1.29 is 8.42 Å². The van der Waals surface area contributed by atoms with Crippen molar-refractivity contribution in [3.8, 4) is 6.07 Å². The number of nitriles is 1. The largest absolute Gasteiger partial charge is 0.396 e. The van der Waals surface area contributed by atoms with E-state index in [9.17, 15) is 8.42 Å². The first-order valence-corrected chi connectivity index (χ1v) is 9.21. The van der Waals surface area contributed by atoms with Crippen molar-refractivity contribution >= 4 is 31.9 Å². The van der Waals surface area contributed by atoms with Gasteiger partial charge in [-0.2, -0.15) is 5.26 Å². The van der Waals surface area contributed by atoms with Gasteiger partial charge in [-0.1, -0.05) is 20.3 Å². The van der Waals surface area contributed by atoms with Gasteiger partial charge in [0.1, 0.15) is 20.8 Å². The van der Waals surface area contributed by atoms with Crippen LogP contribution in [0.3, 0.4) is 0 Å². The summed E-state index contributed by atoms with van der Waals surface area (Å²) in [5.41, 5.74) is 6.01. The molecule has 1 aromatic rings. The fraction of sp³-hybridized carbons (Fsp3) is 0.615. The summed E-state index contributed by atoms with van der Waals surface area (Å²) in [5.74, 6) is 0.581. The summed E-state index contributed by atoms with van der Waals surface area (Å²) in [7, 11) is -3.42. The Hall–Kier alpha value is -1.26. The highest BCUT2D eigenvalue weighted by Gasteiger charge is 2.32. The van der Waals surface area contributed by atoms with Crippen LogP contribution in [-0.2, 0) is 9.84 Å². The van der Waals surface area contributed by atoms with E-state index in [0.29, 0.717) is 15.8 Å². The number of nitrogens with zero attached hydrogens (tertiary/aromatic N) is 2. The normalized spacial score (nSPS) is 19.2. The second-order valence-electron chi connectivity index (χ2n) is 5.00. The fourth-order valence-electron chi connectivity index (χ4n) is 2.50. The molecular formula is C13H19N3O2S2. The second-order valence-corrected chi connectivity index (χ2v) is 8.22. The maximum atomic E-state index is 12.3. The molecule has 2 rings (SSSR count). The molecule has 0 amide bonds. The van der Waals surface area contributed by atoms with Crippen LogP contribution in [0.5, 0.6) is 0 Å². The summed E-state index contributed by atoms with van der Waals surface area (Å²) in [6.45, 7) is 5.41. The van der Waals surface area contributed by atoms with Gasteiger partial charge < -0.3 is 10.6 Å². The predicted molar refractivity (Wildman–Crippen MR) is 81.8 cm³/mol. The third-order valence-electron chi connectivity index (χ3n) is 3.83. The van der Waals surface area contributed by atoms with E-state index >= 15 is 0 Å². The van der Waals surface area contributed by atoms with Crippen LogP contribution >= 0.6 is 11.3 Å². The van der Waals surface area contributed by atoms with Gasteiger partial charge in [0.05, 0.1) is 11.4 Å². The monoisotopic (exact) mass is 313 g/mol. The highest BCUT2D eigenvalue weighted by Crippen LogP contribution is 2.43. The first kappa shape index (κ1) is 15.1. The molecule has 1 saturated heterocycles. The minimum Gasteiger partial charge on any atom is -0.396 e. The van der Waals surface area contributed by atoms with Gasteiger partial charge in [-0.3, -0.25) is 0 Å². The average molecular weight is 313 g/mol. The van der Waals surface area contributed by atoms with Crippen molar-refractivity contribution in [2.75, 3.05) is 29.5 Å². The Morgan fingerprint density at radius 1 is 1.50 bits per heavy atom. The summed E-state index contributed by atoms with van der Waals surface area (Å²) in [6.07, 6.45) is 2.14. The summed E-state index contributed by atoms with van der Waals surface area (Å²) >= 11 is 1.20. The standard InChI is InChI=1S/C13H19N3O2S2/c1-3-9-5-6-16(8-9)13-12(20(17,18)4-2)11(15)10(7-14)19-13/h9H,3-6,8,15H2,1-2H3. The van der Waals surface area contributed by atoms with Crippen molar-refractivity contribution in [2.24, 2.45) is 5.92 Å². The van der Waals surface area contributed by atoms with Crippen molar-refractivity contribution in [1.29, 1.82) is 5.26 Å². The number of nitrogen functional groups attached to an aromatic ring is 1. The molecular weight excluding hydrogens is 294 g/mol. The van der Waals surface area contributed by atoms with E-state index < -0.39 is 9.84 Å². The van der Waals surface area contributed by atoms with Crippen molar-refractivity contribution in [2.45, 2.75) is 31.6 Å². The van der Waals surface area contributed by atoms with E-state index in [1.165, 1.54) is 11.3 Å². The maximum absolute atomic E-state index is 12.3. The topological polar surface area (TPSA) is 87.2 Å². The number of hydrogen-bond acceptors (Lipinski definition) is 6. The van der Waals surface area contributed by atoms with E-state index in [1.807, 2.05) is 6.07 Å². The van der Waals surface area contributed by atoms with Gasteiger partial charge in [0, 0.05) is 13.1 Å². The van der Waals surface area contributed by atoms with Gasteiger partial charge in [0.2, 0.25) is 0 Å². The van der Waals surface area contributed by atoms with E-state index in [-0.39, 0.29) is 16.3 Å². The van der Waals surface area contributed by atoms with Crippen LogP contribution in [0.15, 0.2) is 4.90 Å². The molecule has 1 aliphatic rings. The summed E-state index contributed by atoms with van der Waals surface area (Å²) in [6, 6.07) is 2.00. The SMILES string of the molecule is CCC1CCN(c2sc(C#N)c(N)c2S(=O)(=O)CC)C1. The van der Waals surface area contributed by atoms with Gasteiger partial charge in [0.25, 0.3) is 0 Å². The molecule has 0 saturated carbocycles. The number of nitrogens with two attached hydrogens (primary N) is 1. The molecule has 5 nitrogen and oxygen atoms in total. The molecule has 1 fully saturated rings. The Balaban J connectivity index is 2.51. The third kappa shape index (κ3) is 2.50. The zero-order chi connectivity index (χ0) is 14.9. The number of thiophene rings is 1. The Bertz CT molecular complexity index is 643. The molecule has 1 atom stereocenters. The van der Waals surface area contributed by atoms with Crippen LogP contribution in [0.4, 0.5) is 10.7 Å². The fourth-order valence-corrected chi connectivity index (χ4v) is 5.14. The Morgan fingerprint density at radius 2 is 2.20 bits per heavy atom. The Labute approximate surface area is 123 Å². The van der Waals surface area contributed by atoms with Gasteiger partial charge >= 0.3 is 0 Å². The van der Waals surface area contributed by atoms with Crippen LogP contribution in [0.25, 0.3) is 0 Å². The van der Waals surface area contributed by atoms with Crippen LogP contribution < -0.4 is 10.6 Å². The molecule has 2 N–H and O–H groups in total. The van der Waals surface area contributed by atoms with Crippen LogP contribution in [0, 0.1) is 17.2 Å². The Kier molecular flexibility index (Phi) is 4.25. The maximum Gasteiger partial charge on any atom is 0.183 e. The minimum atomic E-state index is -3.42. The van der Waals surface area contributed by atoms with E-state index in [2.05, 4.69) is 11.8 Å². The third-order valence-corrected chi connectivity index (χ3v) is 6.92. The van der Waals surface area contributed by atoms with E-state index in [4.69, 9.17) is 11.0 Å². The van der Waals surface area contributed by atoms with Crippen molar-refractivity contribution in [3.05, 3.63) is 4.88 Å². The molecule has 0 bridgehead atoms. The van der Waals surface area contributed by atoms with Gasteiger partial charge in [-0.05, 0) is 12.3 Å². The van der Waals surface area contributed by atoms with Gasteiger partial charge in [0.15, 0.2) is 9.84 Å². The Morgan fingerprint density at radius 3 is 2.70 bits per heavy atom. The summed E-state index contributed by atoms with van der Waals surface area (Å²) in [5, 5.41) is 9.75. The molecule has 1 aromatic heterocycles. The zero-order valence-electron chi connectivity index (χ0n) is 11.7. The molecule has 110 valence electrons. The number of hydrogen-bond donors (Lipinski definition) is 1. The molecule has 1 aliphatic heterocycles. The van der Waals surface area contributed by atoms with Crippen LogP contribution in [0.1, 0.15) is 31.6 Å². The minimum absolute atomic E-state index is 0.00313. The van der Waals surface area contributed by atoms with Gasteiger partial charge in [-0.15, -0.1) is 11.3 Å². The molecule has 2 heterocycles. The number of rotatable bonds is 4. The smallest absolute Gasteiger partial charge is 0.183 e. The molecule has 0 aromatic carbocycles. The van der Waals surface area contributed by atoms with Crippen LogP contribution in [-0.4, -0.2) is 27.3 Å². The lowest BCUT2D eigenvalue weighted by Crippen LogP contribution is -2.21. The zero-order valence-corrected chi connectivity index (χ0v) is 13.4. The molecule has 20 heavy (non-hydrogen) atoms. The summed E-state index contributed by atoms with van der Waals surface area (Å²) in [4.78, 5) is 2.53. The lowest BCUT2D eigenvalue weighted by Gasteiger charge is -2.18. The highest BCUT2D eigenvalue weighted by atomic mass is 32.2. The molecule has 0 spiro atoms. The molecule has 0 radical (unpaired) electrons.